The SMILES string of the molecule is CO[C@]1(COc2ccc(C)cc2)CCCN(Cc2ccc(OCC(=O)N3CCOCC3)cc2)CC1. The van der Waals surface area contributed by atoms with E-state index in [0.29, 0.717) is 32.9 Å². The summed E-state index contributed by atoms with van der Waals surface area (Å²) < 4.78 is 23.1. The van der Waals surface area contributed by atoms with Crippen LogP contribution in [0.3, 0.4) is 0 Å². The van der Waals surface area contributed by atoms with Gasteiger partial charge in [0.15, 0.2) is 6.61 Å². The van der Waals surface area contributed by atoms with Crippen molar-refractivity contribution in [3.05, 3.63) is 59.7 Å². The number of methoxy groups -OCH3 is 1. The predicted octanol–water partition coefficient (Wildman–Crippen LogP) is 3.68. The molecular formula is C28H38N2O5. The van der Waals surface area contributed by atoms with Crippen molar-refractivity contribution in [2.75, 3.05) is 59.7 Å². The van der Waals surface area contributed by atoms with Gasteiger partial charge in [-0.1, -0.05) is 29.8 Å². The van der Waals surface area contributed by atoms with Crippen molar-refractivity contribution in [2.45, 2.75) is 38.3 Å². The maximum absolute atomic E-state index is 12.3. The lowest BCUT2D eigenvalue weighted by molar-refractivity contribution is -0.137. The van der Waals surface area contributed by atoms with Crippen LogP contribution in [0.4, 0.5) is 0 Å². The summed E-state index contributed by atoms with van der Waals surface area (Å²) in [5.74, 6) is 1.62. The van der Waals surface area contributed by atoms with Crippen molar-refractivity contribution < 1.29 is 23.7 Å². The molecule has 2 aliphatic heterocycles. The predicted molar refractivity (Wildman–Crippen MR) is 135 cm³/mol. The minimum atomic E-state index is -0.260. The number of rotatable bonds is 9. The summed E-state index contributed by atoms with van der Waals surface area (Å²) in [6.45, 7) is 8.05. The number of carbonyl (C=O) groups excluding carboxylic acids is 1. The fourth-order valence-electron chi connectivity index (χ4n) is 4.64. The van der Waals surface area contributed by atoms with Crippen molar-refractivity contribution >= 4 is 5.91 Å². The molecule has 7 heteroatoms. The third-order valence-electron chi connectivity index (χ3n) is 7.00. The summed E-state index contributed by atoms with van der Waals surface area (Å²) >= 11 is 0. The maximum atomic E-state index is 12.3. The van der Waals surface area contributed by atoms with Crippen molar-refractivity contribution in [3.8, 4) is 11.5 Å². The molecule has 0 radical (unpaired) electrons. The first-order valence-corrected chi connectivity index (χ1v) is 12.6. The van der Waals surface area contributed by atoms with Gasteiger partial charge in [0.1, 0.15) is 23.7 Å². The van der Waals surface area contributed by atoms with Crippen LogP contribution in [0.2, 0.25) is 0 Å². The summed E-state index contributed by atoms with van der Waals surface area (Å²) in [4.78, 5) is 16.5. The molecule has 2 aliphatic rings. The van der Waals surface area contributed by atoms with E-state index in [1.165, 1.54) is 11.1 Å². The Kier molecular flexibility index (Phi) is 9.01. The molecule has 2 aromatic carbocycles. The number of ether oxygens (including phenoxy) is 4. The molecule has 2 aromatic rings. The van der Waals surface area contributed by atoms with Gasteiger partial charge in [-0.3, -0.25) is 9.69 Å². The number of aryl methyl sites for hydroxylation is 1. The third-order valence-corrected chi connectivity index (χ3v) is 7.00. The van der Waals surface area contributed by atoms with E-state index in [0.717, 1.165) is 50.4 Å². The van der Waals surface area contributed by atoms with E-state index in [2.05, 4.69) is 36.1 Å². The topological polar surface area (TPSA) is 60.5 Å². The minimum Gasteiger partial charge on any atom is -0.491 e. The number of morpholine rings is 1. The lowest BCUT2D eigenvalue weighted by atomic mass is 9.95. The molecule has 0 bridgehead atoms. The van der Waals surface area contributed by atoms with Gasteiger partial charge in [-0.15, -0.1) is 0 Å². The first kappa shape index (κ1) is 25.5. The highest BCUT2D eigenvalue weighted by molar-refractivity contribution is 5.77. The van der Waals surface area contributed by atoms with Crippen LogP contribution in [0, 0.1) is 6.92 Å². The van der Waals surface area contributed by atoms with Gasteiger partial charge in [-0.05, 0) is 62.6 Å². The van der Waals surface area contributed by atoms with E-state index in [1.807, 2.05) is 24.3 Å². The van der Waals surface area contributed by atoms with E-state index in [4.69, 9.17) is 18.9 Å². The average molecular weight is 483 g/mol. The Labute approximate surface area is 208 Å². The number of amides is 1. The molecular weight excluding hydrogens is 444 g/mol. The molecule has 1 amide bonds. The summed E-state index contributed by atoms with van der Waals surface area (Å²) in [6.07, 6.45) is 2.98. The zero-order valence-electron chi connectivity index (χ0n) is 21.0. The Morgan fingerprint density at radius 2 is 1.60 bits per heavy atom. The Balaban J connectivity index is 1.24. The van der Waals surface area contributed by atoms with Crippen LogP contribution in [0.5, 0.6) is 11.5 Å². The van der Waals surface area contributed by atoms with Crippen LogP contribution in [0.1, 0.15) is 30.4 Å². The lowest BCUT2D eigenvalue weighted by Crippen LogP contribution is -2.42. The fraction of sp³-hybridized carbons (Fsp3) is 0.536. The molecule has 0 unspecified atom stereocenters. The van der Waals surface area contributed by atoms with Gasteiger partial charge in [-0.25, -0.2) is 0 Å². The Hall–Kier alpha value is -2.61. The number of hydrogen-bond donors (Lipinski definition) is 0. The molecule has 1 atom stereocenters. The van der Waals surface area contributed by atoms with E-state index in [1.54, 1.807) is 12.0 Å². The van der Waals surface area contributed by atoms with Gasteiger partial charge in [-0.2, -0.15) is 0 Å². The Morgan fingerprint density at radius 1 is 0.914 bits per heavy atom. The van der Waals surface area contributed by atoms with Crippen LogP contribution in [-0.2, 0) is 20.8 Å². The molecule has 0 saturated carbocycles. The number of hydrogen-bond acceptors (Lipinski definition) is 6. The van der Waals surface area contributed by atoms with E-state index in [-0.39, 0.29) is 18.1 Å². The molecule has 7 nitrogen and oxygen atoms in total. The zero-order valence-corrected chi connectivity index (χ0v) is 21.0. The van der Waals surface area contributed by atoms with E-state index in [9.17, 15) is 4.79 Å². The Bertz CT molecular complexity index is 927. The standard InChI is InChI=1S/C28H38N2O5/c1-23-4-8-26(9-5-23)35-22-28(32-2)12-3-14-29(15-13-28)20-24-6-10-25(11-7-24)34-21-27(31)30-16-18-33-19-17-30/h4-11H,3,12-22H2,1-2H3/t28-/m1/s1. The Morgan fingerprint density at radius 3 is 2.31 bits per heavy atom. The highest BCUT2D eigenvalue weighted by Gasteiger charge is 2.33. The van der Waals surface area contributed by atoms with Gasteiger partial charge in [0.05, 0.1) is 13.2 Å². The monoisotopic (exact) mass is 482 g/mol. The zero-order chi connectivity index (χ0) is 24.5. The normalized spacial score (nSPS) is 21.4. The van der Waals surface area contributed by atoms with Crippen LogP contribution < -0.4 is 9.47 Å². The van der Waals surface area contributed by atoms with Gasteiger partial charge in [0, 0.05) is 33.3 Å². The molecule has 2 saturated heterocycles. The number of likely N-dealkylation sites (tertiary alicyclic amines) is 1. The highest BCUT2D eigenvalue weighted by atomic mass is 16.5. The number of nitrogens with zero attached hydrogens (tertiary/aromatic N) is 2. The van der Waals surface area contributed by atoms with Gasteiger partial charge < -0.3 is 23.8 Å². The van der Waals surface area contributed by atoms with Crippen molar-refractivity contribution in [1.82, 2.24) is 9.80 Å². The second kappa shape index (κ2) is 12.4. The molecule has 0 N–H and O–H groups in total. The number of carbonyl (C=O) groups is 1. The van der Waals surface area contributed by atoms with Crippen molar-refractivity contribution in [3.63, 3.8) is 0 Å². The highest BCUT2D eigenvalue weighted by Crippen LogP contribution is 2.28. The molecule has 0 spiro atoms. The van der Waals surface area contributed by atoms with Crippen LogP contribution >= 0.6 is 0 Å². The summed E-state index contributed by atoms with van der Waals surface area (Å²) in [7, 11) is 1.80. The molecule has 190 valence electrons. The van der Waals surface area contributed by atoms with Gasteiger partial charge >= 0.3 is 0 Å². The fourth-order valence-corrected chi connectivity index (χ4v) is 4.64. The molecule has 2 fully saturated rings. The summed E-state index contributed by atoms with van der Waals surface area (Å²) in [5.41, 5.74) is 2.20. The molecule has 0 aliphatic carbocycles. The molecule has 4 rings (SSSR count). The lowest BCUT2D eigenvalue weighted by Gasteiger charge is -2.31. The average Bonchev–Trinajstić information content (AvgIpc) is 3.11. The van der Waals surface area contributed by atoms with Gasteiger partial charge in [0.25, 0.3) is 5.91 Å². The van der Waals surface area contributed by atoms with E-state index >= 15 is 0 Å². The number of benzene rings is 2. The smallest absolute Gasteiger partial charge is 0.260 e. The molecule has 2 heterocycles. The second-order valence-corrected chi connectivity index (χ2v) is 9.54. The first-order valence-electron chi connectivity index (χ1n) is 12.6. The summed E-state index contributed by atoms with van der Waals surface area (Å²) in [5, 5.41) is 0. The maximum Gasteiger partial charge on any atom is 0.260 e. The van der Waals surface area contributed by atoms with Crippen LogP contribution in [0.25, 0.3) is 0 Å². The summed E-state index contributed by atoms with van der Waals surface area (Å²) in [6, 6.07) is 16.3. The largest absolute Gasteiger partial charge is 0.491 e. The van der Waals surface area contributed by atoms with Crippen LogP contribution in [0.15, 0.2) is 48.5 Å². The molecule has 0 aromatic heterocycles. The van der Waals surface area contributed by atoms with Crippen molar-refractivity contribution in [1.29, 1.82) is 0 Å². The minimum absolute atomic E-state index is 0.00919. The van der Waals surface area contributed by atoms with Gasteiger partial charge in [0.2, 0.25) is 0 Å². The van der Waals surface area contributed by atoms with E-state index < -0.39 is 0 Å². The molecule has 35 heavy (non-hydrogen) atoms. The first-order chi connectivity index (χ1) is 17.0. The van der Waals surface area contributed by atoms with Crippen molar-refractivity contribution in [2.24, 2.45) is 0 Å². The van der Waals surface area contributed by atoms with Crippen LogP contribution in [-0.4, -0.2) is 81.0 Å². The third kappa shape index (κ3) is 7.43. The second-order valence-electron chi connectivity index (χ2n) is 9.54. The quantitative estimate of drug-likeness (QED) is 0.544.